The number of aromatic nitrogens is 3. The van der Waals surface area contributed by atoms with Crippen molar-refractivity contribution in [3.05, 3.63) is 47.5 Å². The van der Waals surface area contributed by atoms with Gasteiger partial charge in [0.25, 0.3) is 0 Å². The molecule has 0 unspecified atom stereocenters. The van der Waals surface area contributed by atoms with Crippen LogP contribution in [-0.4, -0.2) is 20.1 Å². The number of para-hydroxylation sites is 1. The highest BCUT2D eigenvalue weighted by atomic mass is 19.4. The minimum atomic E-state index is -4.44. The molecule has 0 spiro atoms. The molecule has 3 aromatic rings. The SMILES string of the molecule is CC(C)(C)c1cccc(-n2nc3ccc(C(F)(F)F)cc3n2)c1O. The lowest BCUT2D eigenvalue weighted by molar-refractivity contribution is -0.137. The molecule has 0 fully saturated rings. The van der Waals surface area contributed by atoms with E-state index < -0.39 is 11.7 Å². The second-order valence-electron chi connectivity index (χ2n) is 6.61. The molecule has 2 aromatic carbocycles. The normalized spacial score (nSPS) is 12.8. The van der Waals surface area contributed by atoms with Crippen LogP contribution in [0.15, 0.2) is 36.4 Å². The van der Waals surface area contributed by atoms with Gasteiger partial charge in [0.1, 0.15) is 22.5 Å². The van der Waals surface area contributed by atoms with Crippen LogP contribution in [0.3, 0.4) is 0 Å². The lowest BCUT2D eigenvalue weighted by Crippen LogP contribution is -2.12. The summed E-state index contributed by atoms with van der Waals surface area (Å²) in [5, 5.41) is 18.8. The summed E-state index contributed by atoms with van der Waals surface area (Å²) in [4.78, 5) is 1.16. The number of benzene rings is 2. The van der Waals surface area contributed by atoms with Crippen molar-refractivity contribution in [3.63, 3.8) is 0 Å². The number of aromatic hydroxyl groups is 1. The zero-order valence-corrected chi connectivity index (χ0v) is 13.4. The van der Waals surface area contributed by atoms with Crippen LogP contribution in [0.2, 0.25) is 0 Å². The molecule has 0 amide bonds. The molecule has 0 bridgehead atoms. The van der Waals surface area contributed by atoms with E-state index in [0.29, 0.717) is 16.8 Å². The number of halogens is 3. The van der Waals surface area contributed by atoms with Gasteiger partial charge in [-0.25, -0.2) is 0 Å². The van der Waals surface area contributed by atoms with Crippen molar-refractivity contribution < 1.29 is 18.3 Å². The molecule has 24 heavy (non-hydrogen) atoms. The molecule has 0 aliphatic rings. The highest BCUT2D eigenvalue weighted by Crippen LogP contribution is 2.35. The van der Waals surface area contributed by atoms with Crippen LogP contribution in [-0.2, 0) is 11.6 Å². The van der Waals surface area contributed by atoms with E-state index in [4.69, 9.17) is 0 Å². The Hall–Kier alpha value is -2.57. The maximum absolute atomic E-state index is 12.8. The summed E-state index contributed by atoms with van der Waals surface area (Å²) >= 11 is 0. The minimum absolute atomic E-state index is 0.0151. The average molecular weight is 335 g/mol. The van der Waals surface area contributed by atoms with Crippen molar-refractivity contribution in [3.8, 4) is 11.4 Å². The van der Waals surface area contributed by atoms with Crippen molar-refractivity contribution >= 4 is 11.0 Å². The largest absolute Gasteiger partial charge is 0.505 e. The molecule has 3 rings (SSSR count). The maximum atomic E-state index is 12.8. The topological polar surface area (TPSA) is 50.9 Å². The molecule has 126 valence electrons. The summed E-state index contributed by atoms with van der Waals surface area (Å²) in [6.45, 7) is 5.86. The molecule has 0 saturated carbocycles. The zero-order chi connectivity index (χ0) is 17.7. The van der Waals surface area contributed by atoms with Crippen molar-refractivity contribution in [2.75, 3.05) is 0 Å². The Kier molecular flexibility index (Phi) is 3.55. The van der Waals surface area contributed by atoms with Crippen LogP contribution >= 0.6 is 0 Å². The third-order valence-electron chi connectivity index (χ3n) is 3.75. The first-order chi connectivity index (χ1) is 11.1. The fourth-order valence-corrected chi connectivity index (χ4v) is 2.50. The number of phenols is 1. The van der Waals surface area contributed by atoms with E-state index in [2.05, 4.69) is 10.2 Å². The van der Waals surface area contributed by atoms with Gasteiger partial charge >= 0.3 is 6.18 Å². The van der Waals surface area contributed by atoms with E-state index in [0.717, 1.165) is 16.9 Å². The summed E-state index contributed by atoms with van der Waals surface area (Å²) in [5.74, 6) is 0.0151. The van der Waals surface area contributed by atoms with E-state index in [1.165, 1.54) is 6.07 Å². The first-order valence-electron chi connectivity index (χ1n) is 7.34. The standard InChI is InChI=1S/C17H16F3N3O/c1-16(2,3)11-5-4-6-14(15(11)24)23-21-12-8-7-10(17(18,19)20)9-13(12)22-23/h4-9,24H,1-3H3. The van der Waals surface area contributed by atoms with E-state index in [1.807, 2.05) is 20.8 Å². The quantitative estimate of drug-likeness (QED) is 0.715. The van der Waals surface area contributed by atoms with Gasteiger partial charge in [-0.3, -0.25) is 0 Å². The van der Waals surface area contributed by atoms with Crippen molar-refractivity contribution in [1.29, 1.82) is 0 Å². The van der Waals surface area contributed by atoms with Gasteiger partial charge in [0, 0.05) is 5.56 Å². The number of phenolic OH excluding ortho intramolecular Hbond substituents is 1. The second kappa shape index (κ2) is 5.22. The number of alkyl halides is 3. The molecule has 0 radical (unpaired) electrons. The first-order valence-corrected chi connectivity index (χ1v) is 7.34. The minimum Gasteiger partial charge on any atom is -0.505 e. The fraction of sp³-hybridized carbons (Fsp3) is 0.294. The number of hydrogen-bond donors (Lipinski definition) is 1. The lowest BCUT2D eigenvalue weighted by Gasteiger charge is -2.21. The van der Waals surface area contributed by atoms with Gasteiger partial charge in [0.15, 0.2) is 0 Å². The van der Waals surface area contributed by atoms with Gasteiger partial charge in [-0.1, -0.05) is 32.9 Å². The number of rotatable bonds is 1. The smallest absolute Gasteiger partial charge is 0.416 e. The Morgan fingerprint density at radius 2 is 1.62 bits per heavy atom. The van der Waals surface area contributed by atoms with Gasteiger partial charge in [-0.15, -0.1) is 15.0 Å². The predicted octanol–water partition coefficient (Wildman–Crippen LogP) is 4.44. The Labute approximate surface area is 136 Å². The molecule has 1 aromatic heterocycles. The average Bonchev–Trinajstić information content (AvgIpc) is 2.87. The highest BCUT2D eigenvalue weighted by Gasteiger charge is 2.31. The Bertz CT molecular complexity index is 908. The van der Waals surface area contributed by atoms with Crippen molar-refractivity contribution in [2.45, 2.75) is 32.4 Å². The van der Waals surface area contributed by atoms with Crippen LogP contribution in [0.5, 0.6) is 5.75 Å². The van der Waals surface area contributed by atoms with Crippen LogP contribution in [0.25, 0.3) is 16.7 Å². The first kappa shape index (κ1) is 16.3. The summed E-state index contributed by atoms with van der Waals surface area (Å²) in [5.41, 5.74) is 0.393. The molecular weight excluding hydrogens is 319 g/mol. The maximum Gasteiger partial charge on any atom is 0.416 e. The molecular formula is C17H16F3N3O. The second-order valence-corrected chi connectivity index (χ2v) is 6.61. The number of nitrogens with zero attached hydrogens (tertiary/aromatic N) is 3. The van der Waals surface area contributed by atoms with Crippen molar-refractivity contribution in [1.82, 2.24) is 15.0 Å². The number of fused-ring (bicyclic) bond motifs is 1. The number of hydrogen-bond acceptors (Lipinski definition) is 3. The highest BCUT2D eigenvalue weighted by molar-refractivity contribution is 5.75. The van der Waals surface area contributed by atoms with Gasteiger partial charge in [-0.05, 0) is 29.7 Å². The Morgan fingerprint density at radius 1 is 0.958 bits per heavy atom. The monoisotopic (exact) mass is 335 g/mol. The third-order valence-corrected chi connectivity index (χ3v) is 3.75. The van der Waals surface area contributed by atoms with Crippen LogP contribution in [0, 0.1) is 0 Å². The van der Waals surface area contributed by atoms with E-state index in [1.54, 1.807) is 18.2 Å². The van der Waals surface area contributed by atoms with E-state index >= 15 is 0 Å². The van der Waals surface area contributed by atoms with Gasteiger partial charge in [-0.2, -0.15) is 13.2 Å². The van der Waals surface area contributed by atoms with Crippen LogP contribution < -0.4 is 0 Å². The van der Waals surface area contributed by atoms with Crippen LogP contribution in [0.4, 0.5) is 13.2 Å². The zero-order valence-electron chi connectivity index (χ0n) is 13.4. The third kappa shape index (κ3) is 2.81. The Morgan fingerprint density at radius 3 is 2.25 bits per heavy atom. The van der Waals surface area contributed by atoms with Gasteiger partial charge in [0.05, 0.1) is 5.56 Å². The molecule has 0 saturated heterocycles. The van der Waals surface area contributed by atoms with Crippen LogP contribution in [0.1, 0.15) is 31.9 Å². The van der Waals surface area contributed by atoms with Gasteiger partial charge < -0.3 is 5.11 Å². The summed E-state index contributed by atoms with van der Waals surface area (Å²) in [6.07, 6.45) is -4.44. The van der Waals surface area contributed by atoms with Crippen molar-refractivity contribution in [2.24, 2.45) is 0 Å². The fourth-order valence-electron chi connectivity index (χ4n) is 2.50. The molecule has 1 heterocycles. The predicted molar refractivity (Wildman–Crippen MR) is 84.2 cm³/mol. The molecule has 1 N–H and O–H groups in total. The molecule has 0 aliphatic carbocycles. The summed E-state index contributed by atoms with van der Waals surface area (Å²) < 4.78 is 38.4. The molecule has 0 atom stereocenters. The summed E-state index contributed by atoms with van der Waals surface area (Å²) in [7, 11) is 0. The van der Waals surface area contributed by atoms with E-state index in [-0.39, 0.29) is 16.7 Å². The van der Waals surface area contributed by atoms with E-state index in [9.17, 15) is 18.3 Å². The molecule has 7 heteroatoms. The lowest BCUT2D eigenvalue weighted by atomic mass is 9.86. The molecule has 4 nitrogen and oxygen atoms in total. The Balaban J connectivity index is 2.14. The molecule has 0 aliphatic heterocycles. The summed E-state index contributed by atoms with van der Waals surface area (Å²) in [6, 6.07) is 8.35. The van der Waals surface area contributed by atoms with Gasteiger partial charge in [0.2, 0.25) is 0 Å².